The van der Waals surface area contributed by atoms with Crippen LogP contribution in [0.15, 0.2) is 54.6 Å². The molecule has 2 aromatic rings. The van der Waals surface area contributed by atoms with Gasteiger partial charge in [-0.3, -0.25) is 9.59 Å². The normalized spacial score (nSPS) is 19.6. The molecule has 1 fully saturated rings. The van der Waals surface area contributed by atoms with Gasteiger partial charge in [-0.05, 0) is 47.7 Å². The molecule has 4 nitrogen and oxygen atoms in total. The van der Waals surface area contributed by atoms with Crippen LogP contribution >= 0.6 is 11.6 Å². The molecule has 4 rings (SSSR count). The standard InChI is InChI=1S/C22H21ClN2O2/c1-15(16-5-3-2-4-6-16)11-21(26)24-13-20-19-12-18(23)8-7-17(19)9-10-25(20)22(27)14-24/h2-8,11-12,20H,9-10,13-14H2,1H3/b15-11+. The first kappa shape index (κ1) is 17.8. The molecule has 2 amide bonds. The Labute approximate surface area is 164 Å². The summed E-state index contributed by atoms with van der Waals surface area (Å²) in [6.07, 6.45) is 2.45. The second kappa shape index (κ2) is 7.20. The molecule has 27 heavy (non-hydrogen) atoms. The van der Waals surface area contributed by atoms with E-state index < -0.39 is 0 Å². The third-order valence-electron chi connectivity index (χ3n) is 5.39. The maximum absolute atomic E-state index is 12.8. The van der Waals surface area contributed by atoms with E-state index in [4.69, 9.17) is 11.6 Å². The number of rotatable bonds is 2. The molecular formula is C22H21ClN2O2. The van der Waals surface area contributed by atoms with Crippen molar-refractivity contribution in [1.82, 2.24) is 9.80 Å². The first-order valence-corrected chi connectivity index (χ1v) is 9.51. The third kappa shape index (κ3) is 3.50. The summed E-state index contributed by atoms with van der Waals surface area (Å²) in [4.78, 5) is 29.0. The van der Waals surface area contributed by atoms with Gasteiger partial charge >= 0.3 is 0 Å². The smallest absolute Gasteiger partial charge is 0.247 e. The van der Waals surface area contributed by atoms with Crippen molar-refractivity contribution in [3.8, 4) is 0 Å². The van der Waals surface area contributed by atoms with Gasteiger partial charge in [0.25, 0.3) is 0 Å². The van der Waals surface area contributed by atoms with Crippen molar-refractivity contribution in [2.75, 3.05) is 19.6 Å². The number of piperazine rings is 1. The molecule has 1 atom stereocenters. The summed E-state index contributed by atoms with van der Waals surface area (Å²) in [7, 11) is 0. The summed E-state index contributed by atoms with van der Waals surface area (Å²) in [5.74, 6) is -0.130. The Morgan fingerprint density at radius 3 is 2.74 bits per heavy atom. The molecule has 0 spiro atoms. The molecule has 2 aliphatic rings. The fraction of sp³-hybridized carbons (Fsp3) is 0.273. The van der Waals surface area contributed by atoms with Crippen LogP contribution in [0.5, 0.6) is 0 Å². The van der Waals surface area contributed by atoms with Crippen molar-refractivity contribution in [3.05, 3.63) is 76.3 Å². The second-order valence-corrected chi connectivity index (χ2v) is 7.54. The molecule has 138 valence electrons. The van der Waals surface area contributed by atoms with Crippen LogP contribution in [-0.2, 0) is 16.0 Å². The number of halogens is 1. The van der Waals surface area contributed by atoms with Crippen LogP contribution in [0, 0.1) is 0 Å². The molecule has 2 heterocycles. The summed E-state index contributed by atoms with van der Waals surface area (Å²) >= 11 is 6.19. The average Bonchev–Trinajstić information content (AvgIpc) is 2.68. The number of carbonyl (C=O) groups excluding carboxylic acids is 2. The number of carbonyl (C=O) groups is 2. The topological polar surface area (TPSA) is 40.6 Å². The van der Waals surface area contributed by atoms with Gasteiger partial charge in [-0.2, -0.15) is 0 Å². The Morgan fingerprint density at radius 1 is 1.19 bits per heavy atom. The summed E-state index contributed by atoms with van der Waals surface area (Å²) in [6, 6.07) is 15.5. The van der Waals surface area contributed by atoms with Crippen molar-refractivity contribution in [3.63, 3.8) is 0 Å². The zero-order valence-corrected chi connectivity index (χ0v) is 15.9. The highest BCUT2D eigenvalue weighted by Gasteiger charge is 2.38. The Hall–Kier alpha value is -2.59. The molecule has 0 saturated carbocycles. The lowest BCUT2D eigenvalue weighted by molar-refractivity contribution is -0.147. The summed E-state index contributed by atoms with van der Waals surface area (Å²) in [6.45, 7) is 3.24. The molecule has 2 aromatic carbocycles. The zero-order chi connectivity index (χ0) is 19.0. The van der Waals surface area contributed by atoms with Gasteiger partial charge in [0.1, 0.15) is 6.54 Å². The second-order valence-electron chi connectivity index (χ2n) is 7.11. The van der Waals surface area contributed by atoms with E-state index in [1.807, 2.05) is 60.4 Å². The predicted molar refractivity (Wildman–Crippen MR) is 106 cm³/mol. The minimum atomic E-state index is -0.126. The number of amides is 2. The summed E-state index contributed by atoms with van der Waals surface area (Å²) < 4.78 is 0. The van der Waals surface area contributed by atoms with E-state index in [1.165, 1.54) is 5.56 Å². The van der Waals surface area contributed by atoms with E-state index in [-0.39, 0.29) is 24.4 Å². The lowest BCUT2D eigenvalue weighted by Gasteiger charge is -2.44. The van der Waals surface area contributed by atoms with Gasteiger partial charge in [0.15, 0.2) is 0 Å². The van der Waals surface area contributed by atoms with Crippen molar-refractivity contribution in [2.24, 2.45) is 0 Å². The van der Waals surface area contributed by atoms with E-state index in [0.717, 1.165) is 23.1 Å². The van der Waals surface area contributed by atoms with E-state index in [9.17, 15) is 9.59 Å². The quantitative estimate of drug-likeness (QED) is 0.745. The third-order valence-corrected chi connectivity index (χ3v) is 5.62. The van der Waals surface area contributed by atoms with Crippen molar-refractivity contribution in [1.29, 1.82) is 0 Å². The number of allylic oxidation sites excluding steroid dienone is 1. The number of benzene rings is 2. The van der Waals surface area contributed by atoms with Gasteiger partial charge in [0.2, 0.25) is 11.8 Å². The lowest BCUT2D eigenvalue weighted by Crippen LogP contribution is -2.55. The Bertz CT molecular complexity index is 923. The molecule has 0 aromatic heterocycles. The number of nitrogens with zero attached hydrogens (tertiary/aromatic N) is 2. The van der Waals surface area contributed by atoms with Crippen molar-refractivity contribution in [2.45, 2.75) is 19.4 Å². The lowest BCUT2D eigenvalue weighted by atomic mass is 9.90. The Morgan fingerprint density at radius 2 is 1.96 bits per heavy atom. The summed E-state index contributed by atoms with van der Waals surface area (Å²) in [5.41, 5.74) is 4.16. The summed E-state index contributed by atoms with van der Waals surface area (Å²) in [5, 5.41) is 0.659. The van der Waals surface area contributed by atoms with Gasteiger partial charge < -0.3 is 9.80 Å². The molecule has 0 bridgehead atoms. The minimum absolute atomic E-state index is 0.00371. The van der Waals surface area contributed by atoms with E-state index in [0.29, 0.717) is 18.1 Å². The van der Waals surface area contributed by atoms with Crippen molar-refractivity contribution >= 4 is 29.0 Å². The molecule has 1 saturated heterocycles. The van der Waals surface area contributed by atoms with Crippen LogP contribution < -0.4 is 0 Å². The highest BCUT2D eigenvalue weighted by atomic mass is 35.5. The van der Waals surface area contributed by atoms with Crippen LogP contribution in [0.1, 0.15) is 29.7 Å². The number of hydrogen-bond acceptors (Lipinski definition) is 2. The first-order chi connectivity index (χ1) is 13.0. The molecule has 0 N–H and O–H groups in total. The maximum Gasteiger partial charge on any atom is 0.247 e. The first-order valence-electron chi connectivity index (χ1n) is 9.13. The number of hydrogen-bond donors (Lipinski definition) is 0. The van der Waals surface area contributed by atoms with Crippen LogP contribution in [0.2, 0.25) is 5.02 Å². The van der Waals surface area contributed by atoms with E-state index in [2.05, 4.69) is 0 Å². The maximum atomic E-state index is 12.8. The monoisotopic (exact) mass is 380 g/mol. The van der Waals surface area contributed by atoms with Crippen LogP contribution in [0.4, 0.5) is 0 Å². The molecule has 2 aliphatic heterocycles. The number of fused-ring (bicyclic) bond motifs is 3. The molecule has 5 heteroatoms. The minimum Gasteiger partial charge on any atom is -0.332 e. The molecule has 0 radical (unpaired) electrons. The zero-order valence-electron chi connectivity index (χ0n) is 15.2. The highest BCUT2D eigenvalue weighted by molar-refractivity contribution is 6.30. The Balaban J connectivity index is 1.59. The fourth-order valence-corrected chi connectivity index (χ4v) is 4.10. The average molecular weight is 381 g/mol. The van der Waals surface area contributed by atoms with Gasteiger partial charge in [0, 0.05) is 24.2 Å². The molecule has 0 aliphatic carbocycles. The highest BCUT2D eigenvalue weighted by Crippen LogP contribution is 2.34. The van der Waals surface area contributed by atoms with E-state index >= 15 is 0 Å². The van der Waals surface area contributed by atoms with Gasteiger partial charge in [-0.1, -0.05) is 48.0 Å². The SMILES string of the molecule is C/C(=C\C(=O)N1CC(=O)N2CCc3ccc(Cl)cc3C2C1)c1ccccc1. The van der Waals surface area contributed by atoms with E-state index in [1.54, 1.807) is 11.0 Å². The predicted octanol–water partition coefficient (Wildman–Crippen LogP) is 3.71. The fourth-order valence-electron chi connectivity index (χ4n) is 3.92. The van der Waals surface area contributed by atoms with Gasteiger partial charge in [0.05, 0.1) is 6.04 Å². The largest absolute Gasteiger partial charge is 0.332 e. The molecule has 1 unspecified atom stereocenters. The molecular weight excluding hydrogens is 360 g/mol. The van der Waals surface area contributed by atoms with Crippen molar-refractivity contribution < 1.29 is 9.59 Å². The Kier molecular flexibility index (Phi) is 4.75. The van der Waals surface area contributed by atoms with Crippen LogP contribution in [0.3, 0.4) is 0 Å². The van der Waals surface area contributed by atoms with Crippen LogP contribution in [0.25, 0.3) is 5.57 Å². The van der Waals surface area contributed by atoms with Crippen LogP contribution in [-0.4, -0.2) is 41.2 Å². The van der Waals surface area contributed by atoms with Gasteiger partial charge in [-0.15, -0.1) is 0 Å². The van der Waals surface area contributed by atoms with Gasteiger partial charge in [-0.25, -0.2) is 0 Å².